The Morgan fingerprint density at radius 1 is 1.40 bits per heavy atom. The molecule has 1 heterocycles. The number of aliphatic hydroxyl groups is 1. The Labute approximate surface area is 119 Å². The van der Waals surface area contributed by atoms with E-state index in [4.69, 9.17) is 9.84 Å². The summed E-state index contributed by atoms with van der Waals surface area (Å²) >= 11 is 0. The van der Waals surface area contributed by atoms with E-state index in [1.54, 1.807) is 13.3 Å². The standard InChI is InChI=1S/C16H18N2O2/c1-13-17-8-9-18(13)12-15-11-16(20-2)7-6-14(15)5-3-4-10-19/h6-9,11,19H,4,10,12H2,1-2H3. The Hall–Kier alpha value is -2.25. The normalized spacial score (nSPS) is 9.95. The lowest BCUT2D eigenvalue weighted by atomic mass is 10.1. The van der Waals surface area contributed by atoms with Crippen molar-refractivity contribution in [2.45, 2.75) is 19.9 Å². The van der Waals surface area contributed by atoms with Crippen LogP contribution in [0.5, 0.6) is 5.75 Å². The molecule has 4 heteroatoms. The molecule has 0 radical (unpaired) electrons. The summed E-state index contributed by atoms with van der Waals surface area (Å²) in [5.74, 6) is 7.83. The maximum Gasteiger partial charge on any atom is 0.119 e. The second kappa shape index (κ2) is 6.78. The van der Waals surface area contributed by atoms with Gasteiger partial charge in [-0.15, -0.1) is 0 Å². The highest BCUT2D eigenvalue weighted by Crippen LogP contribution is 2.18. The summed E-state index contributed by atoms with van der Waals surface area (Å²) < 4.78 is 7.33. The van der Waals surface area contributed by atoms with E-state index in [-0.39, 0.29) is 6.61 Å². The minimum atomic E-state index is 0.0825. The summed E-state index contributed by atoms with van der Waals surface area (Å²) in [5, 5.41) is 8.80. The van der Waals surface area contributed by atoms with Crippen molar-refractivity contribution in [2.24, 2.45) is 0 Å². The molecular weight excluding hydrogens is 252 g/mol. The number of imidazole rings is 1. The highest BCUT2D eigenvalue weighted by molar-refractivity contribution is 5.45. The Kier molecular flexibility index (Phi) is 4.80. The zero-order chi connectivity index (χ0) is 14.4. The molecule has 0 atom stereocenters. The van der Waals surface area contributed by atoms with Crippen LogP contribution in [0.1, 0.15) is 23.4 Å². The van der Waals surface area contributed by atoms with Crippen molar-refractivity contribution in [3.8, 4) is 17.6 Å². The number of ether oxygens (including phenoxy) is 1. The van der Waals surface area contributed by atoms with E-state index >= 15 is 0 Å². The van der Waals surface area contributed by atoms with E-state index in [0.29, 0.717) is 13.0 Å². The molecule has 0 saturated heterocycles. The van der Waals surface area contributed by atoms with Crippen LogP contribution in [-0.2, 0) is 6.54 Å². The quantitative estimate of drug-likeness (QED) is 0.864. The molecule has 0 unspecified atom stereocenters. The second-order valence-electron chi connectivity index (χ2n) is 4.40. The number of hydrogen-bond donors (Lipinski definition) is 1. The van der Waals surface area contributed by atoms with Gasteiger partial charge in [-0.05, 0) is 30.7 Å². The van der Waals surface area contributed by atoms with Crippen LogP contribution in [0.4, 0.5) is 0 Å². The lowest BCUT2D eigenvalue weighted by Crippen LogP contribution is -2.03. The number of nitrogens with zero attached hydrogens (tertiary/aromatic N) is 2. The summed E-state index contributed by atoms with van der Waals surface area (Å²) in [6, 6.07) is 5.83. The average Bonchev–Trinajstić information content (AvgIpc) is 2.86. The molecule has 0 saturated carbocycles. The SMILES string of the molecule is COc1ccc(C#CCCO)c(Cn2ccnc2C)c1. The monoisotopic (exact) mass is 270 g/mol. The van der Waals surface area contributed by atoms with Gasteiger partial charge in [-0.2, -0.15) is 0 Å². The van der Waals surface area contributed by atoms with Crippen molar-refractivity contribution in [2.75, 3.05) is 13.7 Å². The Morgan fingerprint density at radius 2 is 2.25 bits per heavy atom. The molecule has 4 nitrogen and oxygen atoms in total. The first kappa shape index (κ1) is 14.2. The fraction of sp³-hybridized carbons (Fsp3) is 0.312. The molecule has 0 aliphatic carbocycles. The van der Waals surface area contributed by atoms with E-state index in [2.05, 4.69) is 21.4 Å². The molecule has 20 heavy (non-hydrogen) atoms. The molecule has 2 aromatic rings. The highest BCUT2D eigenvalue weighted by atomic mass is 16.5. The van der Waals surface area contributed by atoms with Crippen LogP contribution in [-0.4, -0.2) is 28.4 Å². The summed E-state index contributed by atoms with van der Waals surface area (Å²) in [7, 11) is 1.65. The fourth-order valence-corrected chi connectivity index (χ4v) is 1.92. The third kappa shape index (κ3) is 3.40. The van der Waals surface area contributed by atoms with E-state index in [9.17, 15) is 0 Å². The van der Waals surface area contributed by atoms with Gasteiger partial charge in [0.15, 0.2) is 0 Å². The summed E-state index contributed by atoms with van der Waals surface area (Å²) in [5.41, 5.74) is 2.03. The van der Waals surface area contributed by atoms with Crippen LogP contribution >= 0.6 is 0 Å². The van der Waals surface area contributed by atoms with Gasteiger partial charge in [0.1, 0.15) is 11.6 Å². The van der Waals surface area contributed by atoms with Crippen molar-refractivity contribution in [1.29, 1.82) is 0 Å². The van der Waals surface area contributed by atoms with Gasteiger partial charge in [0, 0.05) is 24.4 Å². The molecule has 104 valence electrons. The van der Waals surface area contributed by atoms with Crippen LogP contribution in [0.15, 0.2) is 30.6 Å². The van der Waals surface area contributed by atoms with E-state index in [1.807, 2.05) is 31.3 Å². The first-order valence-electron chi connectivity index (χ1n) is 6.49. The molecule has 1 aromatic carbocycles. The predicted octanol–water partition coefficient (Wildman–Crippen LogP) is 1.98. The third-order valence-corrected chi connectivity index (χ3v) is 3.04. The fourth-order valence-electron chi connectivity index (χ4n) is 1.92. The van der Waals surface area contributed by atoms with Crippen LogP contribution < -0.4 is 4.74 Å². The van der Waals surface area contributed by atoms with E-state index < -0.39 is 0 Å². The number of methoxy groups -OCH3 is 1. The molecular formula is C16H18N2O2. The summed E-state index contributed by atoms with van der Waals surface area (Å²) in [4.78, 5) is 4.22. The number of aromatic nitrogens is 2. The number of aryl methyl sites for hydroxylation is 1. The highest BCUT2D eigenvalue weighted by Gasteiger charge is 2.05. The summed E-state index contributed by atoms with van der Waals surface area (Å²) in [6.45, 7) is 2.75. The Balaban J connectivity index is 2.33. The minimum Gasteiger partial charge on any atom is -0.497 e. The average molecular weight is 270 g/mol. The van der Waals surface area contributed by atoms with Gasteiger partial charge in [-0.3, -0.25) is 0 Å². The van der Waals surface area contributed by atoms with Crippen LogP contribution in [0.25, 0.3) is 0 Å². The van der Waals surface area contributed by atoms with Crippen molar-refractivity contribution in [3.05, 3.63) is 47.5 Å². The topological polar surface area (TPSA) is 47.3 Å². The van der Waals surface area contributed by atoms with Crippen molar-refractivity contribution in [1.82, 2.24) is 9.55 Å². The van der Waals surface area contributed by atoms with Gasteiger partial charge in [-0.25, -0.2) is 4.98 Å². The largest absolute Gasteiger partial charge is 0.497 e. The first-order valence-corrected chi connectivity index (χ1v) is 6.49. The first-order chi connectivity index (χ1) is 9.74. The van der Waals surface area contributed by atoms with Gasteiger partial charge in [0.2, 0.25) is 0 Å². The number of aliphatic hydroxyl groups excluding tert-OH is 1. The van der Waals surface area contributed by atoms with Crippen molar-refractivity contribution >= 4 is 0 Å². The zero-order valence-electron chi connectivity index (χ0n) is 11.8. The predicted molar refractivity (Wildman–Crippen MR) is 77.6 cm³/mol. The molecule has 0 fully saturated rings. The molecule has 0 bridgehead atoms. The van der Waals surface area contributed by atoms with Crippen LogP contribution in [0.3, 0.4) is 0 Å². The number of benzene rings is 1. The van der Waals surface area contributed by atoms with Gasteiger partial charge in [0.05, 0.1) is 20.3 Å². The maximum absolute atomic E-state index is 8.80. The van der Waals surface area contributed by atoms with Gasteiger partial charge in [0.25, 0.3) is 0 Å². The Bertz CT molecular complexity index is 635. The van der Waals surface area contributed by atoms with Gasteiger partial charge in [-0.1, -0.05) is 11.8 Å². The van der Waals surface area contributed by atoms with Crippen LogP contribution in [0, 0.1) is 18.8 Å². The van der Waals surface area contributed by atoms with Gasteiger partial charge >= 0.3 is 0 Å². The molecule has 0 aliphatic rings. The molecule has 0 aliphatic heterocycles. The summed E-state index contributed by atoms with van der Waals surface area (Å²) in [6.07, 6.45) is 4.21. The van der Waals surface area contributed by atoms with E-state index in [1.165, 1.54) is 0 Å². The lowest BCUT2D eigenvalue weighted by molar-refractivity contribution is 0.305. The molecule has 0 amide bonds. The second-order valence-corrected chi connectivity index (χ2v) is 4.40. The number of hydrogen-bond acceptors (Lipinski definition) is 3. The smallest absolute Gasteiger partial charge is 0.119 e. The maximum atomic E-state index is 8.80. The third-order valence-electron chi connectivity index (χ3n) is 3.04. The molecule has 1 aromatic heterocycles. The lowest BCUT2D eigenvalue weighted by Gasteiger charge is -2.09. The van der Waals surface area contributed by atoms with Crippen molar-refractivity contribution < 1.29 is 9.84 Å². The molecule has 2 rings (SSSR count). The molecule has 1 N–H and O–H groups in total. The van der Waals surface area contributed by atoms with Gasteiger partial charge < -0.3 is 14.4 Å². The van der Waals surface area contributed by atoms with Crippen LogP contribution in [0.2, 0.25) is 0 Å². The van der Waals surface area contributed by atoms with Crippen molar-refractivity contribution in [3.63, 3.8) is 0 Å². The Morgan fingerprint density at radius 3 is 2.90 bits per heavy atom. The molecule has 0 spiro atoms. The minimum absolute atomic E-state index is 0.0825. The van der Waals surface area contributed by atoms with E-state index in [0.717, 1.165) is 22.7 Å². The zero-order valence-corrected chi connectivity index (χ0v) is 11.8. The number of rotatable bonds is 4.